The fourth-order valence-corrected chi connectivity index (χ4v) is 14.3. The summed E-state index contributed by atoms with van der Waals surface area (Å²) in [5, 5.41) is 2.68. The molecule has 0 atom stereocenters. The zero-order valence-corrected chi connectivity index (χ0v) is 34.1. The van der Waals surface area contributed by atoms with Crippen molar-refractivity contribution in [1.29, 1.82) is 0 Å². The fourth-order valence-electron chi connectivity index (χ4n) is 13.2. The fraction of sp³-hybridized carbons (Fsp3) is 0.333. The smallest absolute Gasteiger partial charge is 0.0554 e. The molecule has 1 nitrogen and oxygen atoms in total. The van der Waals surface area contributed by atoms with Crippen molar-refractivity contribution in [1.82, 2.24) is 0 Å². The van der Waals surface area contributed by atoms with Crippen LogP contribution in [0.4, 0.5) is 17.1 Å². The zero-order chi connectivity index (χ0) is 37.6. The van der Waals surface area contributed by atoms with Gasteiger partial charge in [0, 0.05) is 37.0 Å². The second-order valence-corrected chi connectivity index (χ2v) is 20.7. The van der Waals surface area contributed by atoms with Crippen molar-refractivity contribution in [2.24, 2.45) is 23.7 Å². The van der Waals surface area contributed by atoms with Crippen LogP contribution in [0.2, 0.25) is 0 Å². The Bertz CT molecular complexity index is 2700. The summed E-state index contributed by atoms with van der Waals surface area (Å²) in [5.41, 5.74) is 16.1. The lowest BCUT2D eigenvalue weighted by Crippen LogP contribution is -2.55. The van der Waals surface area contributed by atoms with Crippen molar-refractivity contribution in [3.8, 4) is 22.3 Å². The molecule has 0 radical (unpaired) electrons. The maximum absolute atomic E-state index is 2.63. The van der Waals surface area contributed by atoms with Crippen LogP contribution in [0, 0.1) is 23.7 Å². The maximum Gasteiger partial charge on any atom is 0.0554 e. The van der Waals surface area contributed by atoms with Gasteiger partial charge in [-0.3, -0.25) is 0 Å². The zero-order valence-electron chi connectivity index (χ0n) is 33.2. The highest BCUT2D eigenvalue weighted by Gasteiger charge is 2.61. The standard InChI is InChI=1S/C54H51NS/c1-52(2)24-25-53(3,4)47-32-40(21-23-45(47)52)55(48-13-9-15-50-51(48)43-11-6-8-14-49(43)56-50)39-19-16-35(17-20-39)36-18-22-42-41-10-5-7-12-44(41)54(46(42)31-36)37-27-33-26-34(29-37)30-38(54)28-33/h5-23,31-34,37-38H,24-30H2,1-4H3. The third-order valence-corrected chi connectivity index (χ3v) is 16.9. The molecule has 1 heterocycles. The number of thiophene rings is 1. The molecule has 1 aromatic heterocycles. The van der Waals surface area contributed by atoms with Gasteiger partial charge in [0.2, 0.25) is 0 Å². The molecule has 7 aromatic rings. The molecular formula is C54H51NS. The lowest BCUT2D eigenvalue weighted by molar-refractivity contribution is -0.0399. The van der Waals surface area contributed by atoms with Gasteiger partial charge in [0.15, 0.2) is 0 Å². The predicted molar refractivity (Wildman–Crippen MR) is 238 cm³/mol. The van der Waals surface area contributed by atoms with Gasteiger partial charge in [-0.1, -0.05) is 107 Å². The number of fused-ring (bicyclic) bond motifs is 7. The van der Waals surface area contributed by atoms with Gasteiger partial charge in [-0.25, -0.2) is 0 Å². The number of anilines is 3. The van der Waals surface area contributed by atoms with Crippen molar-refractivity contribution >= 4 is 48.6 Å². The Balaban J connectivity index is 1.00. The van der Waals surface area contributed by atoms with E-state index in [2.05, 4.69) is 160 Å². The van der Waals surface area contributed by atoms with E-state index in [-0.39, 0.29) is 16.2 Å². The van der Waals surface area contributed by atoms with E-state index in [4.69, 9.17) is 0 Å². The summed E-state index contributed by atoms with van der Waals surface area (Å²) < 4.78 is 2.68. The highest BCUT2D eigenvalue weighted by atomic mass is 32.1. The molecule has 0 unspecified atom stereocenters. The van der Waals surface area contributed by atoms with Crippen molar-refractivity contribution < 1.29 is 0 Å². The van der Waals surface area contributed by atoms with Gasteiger partial charge in [0.1, 0.15) is 0 Å². The summed E-state index contributed by atoms with van der Waals surface area (Å²) >= 11 is 1.90. The molecule has 6 aromatic carbocycles. The van der Waals surface area contributed by atoms with Crippen LogP contribution in [0.15, 0.2) is 127 Å². The van der Waals surface area contributed by atoms with Crippen LogP contribution >= 0.6 is 11.3 Å². The molecule has 6 aliphatic carbocycles. The average Bonchev–Trinajstić information content (AvgIpc) is 3.73. The third-order valence-electron chi connectivity index (χ3n) is 15.7. The molecule has 0 aliphatic heterocycles. The number of nitrogens with zero attached hydrogens (tertiary/aromatic N) is 1. The van der Waals surface area contributed by atoms with E-state index in [1.165, 1.54) is 116 Å². The molecular weight excluding hydrogens is 695 g/mol. The largest absolute Gasteiger partial charge is 0.310 e. The van der Waals surface area contributed by atoms with E-state index in [0.717, 1.165) is 23.7 Å². The Morgan fingerprint density at radius 1 is 0.500 bits per heavy atom. The second-order valence-electron chi connectivity index (χ2n) is 19.6. The van der Waals surface area contributed by atoms with Gasteiger partial charge < -0.3 is 4.90 Å². The molecule has 4 saturated carbocycles. The molecule has 56 heavy (non-hydrogen) atoms. The minimum Gasteiger partial charge on any atom is -0.310 e. The Morgan fingerprint density at radius 3 is 1.93 bits per heavy atom. The van der Waals surface area contributed by atoms with Crippen molar-refractivity contribution in [3.05, 3.63) is 150 Å². The Kier molecular flexibility index (Phi) is 6.99. The van der Waals surface area contributed by atoms with Crippen LogP contribution in [-0.2, 0) is 16.2 Å². The quantitative estimate of drug-likeness (QED) is 0.173. The molecule has 0 N–H and O–H groups in total. The Morgan fingerprint density at radius 2 is 1.14 bits per heavy atom. The van der Waals surface area contributed by atoms with Crippen LogP contribution < -0.4 is 4.90 Å². The number of hydrogen-bond donors (Lipinski definition) is 0. The van der Waals surface area contributed by atoms with E-state index < -0.39 is 0 Å². The summed E-state index contributed by atoms with van der Waals surface area (Å²) in [7, 11) is 0. The van der Waals surface area contributed by atoms with Crippen LogP contribution in [0.5, 0.6) is 0 Å². The molecule has 4 bridgehead atoms. The van der Waals surface area contributed by atoms with Crippen molar-refractivity contribution in [3.63, 3.8) is 0 Å². The molecule has 1 spiro atoms. The second kappa shape index (κ2) is 11.7. The molecule has 13 rings (SSSR count). The lowest BCUT2D eigenvalue weighted by atomic mass is 9.43. The van der Waals surface area contributed by atoms with Crippen LogP contribution in [0.25, 0.3) is 42.4 Å². The molecule has 0 amide bonds. The summed E-state index contributed by atoms with van der Waals surface area (Å²) in [6, 6.07) is 49.8. The molecule has 4 fully saturated rings. The third kappa shape index (κ3) is 4.60. The van der Waals surface area contributed by atoms with Gasteiger partial charge in [-0.15, -0.1) is 11.3 Å². The van der Waals surface area contributed by atoms with Crippen molar-refractivity contribution in [2.75, 3.05) is 4.90 Å². The Labute approximate surface area is 336 Å². The first-order valence-corrected chi connectivity index (χ1v) is 22.2. The van der Waals surface area contributed by atoms with E-state index in [1.807, 2.05) is 11.3 Å². The monoisotopic (exact) mass is 745 g/mol. The first-order valence-electron chi connectivity index (χ1n) is 21.4. The van der Waals surface area contributed by atoms with E-state index in [1.54, 1.807) is 11.1 Å². The summed E-state index contributed by atoms with van der Waals surface area (Å²) in [4.78, 5) is 2.55. The molecule has 278 valence electrons. The van der Waals surface area contributed by atoms with Gasteiger partial charge in [0.05, 0.1) is 5.69 Å². The highest BCUT2D eigenvalue weighted by Crippen LogP contribution is 2.69. The highest BCUT2D eigenvalue weighted by molar-refractivity contribution is 7.26. The van der Waals surface area contributed by atoms with Crippen LogP contribution in [-0.4, -0.2) is 0 Å². The molecule has 2 heteroatoms. The summed E-state index contributed by atoms with van der Waals surface area (Å²) in [6.07, 6.45) is 9.57. The molecule has 0 saturated heterocycles. The number of benzene rings is 6. The number of hydrogen-bond acceptors (Lipinski definition) is 2. The van der Waals surface area contributed by atoms with Gasteiger partial charge in [0.25, 0.3) is 0 Å². The maximum atomic E-state index is 2.63. The summed E-state index contributed by atoms with van der Waals surface area (Å²) in [5.74, 6) is 3.44. The topological polar surface area (TPSA) is 3.24 Å². The van der Waals surface area contributed by atoms with E-state index in [0.29, 0.717) is 0 Å². The predicted octanol–water partition coefficient (Wildman–Crippen LogP) is 15.3. The van der Waals surface area contributed by atoms with Gasteiger partial charge in [-0.05, 0) is 172 Å². The minimum absolute atomic E-state index is 0.124. The van der Waals surface area contributed by atoms with Crippen LogP contribution in [0.1, 0.15) is 94.9 Å². The minimum atomic E-state index is 0.124. The molecule has 6 aliphatic rings. The SMILES string of the molecule is CC1(C)CCC(C)(C)c2cc(N(c3ccc(-c4ccc5c(c4)C4(c6ccccc6-5)C5CC6CC(C5)CC4C6)cc3)c3cccc4sc5ccccc5c34)ccc21. The summed E-state index contributed by atoms with van der Waals surface area (Å²) in [6.45, 7) is 9.75. The Hall–Kier alpha value is -4.66. The normalized spacial score (nSPS) is 26.1. The average molecular weight is 746 g/mol. The van der Waals surface area contributed by atoms with E-state index >= 15 is 0 Å². The lowest BCUT2D eigenvalue weighted by Gasteiger charge is -2.61. The van der Waals surface area contributed by atoms with Gasteiger partial charge in [-0.2, -0.15) is 0 Å². The van der Waals surface area contributed by atoms with Crippen molar-refractivity contribution in [2.45, 2.75) is 88.9 Å². The van der Waals surface area contributed by atoms with E-state index in [9.17, 15) is 0 Å². The van der Waals surface area contributed by atoms with Crippen LogP contribution in [0.3, 0.4) is 0 Å². The van der Waals surface area contributed by atoms with Gasteiger partial charge >= 0.3 is 0 Å². The first-order chi connectivity index (χ1) is 27.2. The number of rotatable bonds is 4. The first kappa shape index (κ1) is 33.5.